The fourth-order valence-electron chi connectivity index (χ4n) is 3.33. The molecule has 0 radical (unpaired) electrons. The molecule has 1 saturated heterocycles. The second kappa shape index (κ2) is 9.01. The molecule has 12 heteroatoms. The van der Waals surface area contributed by atoms with Crippen LogP contribution in [-0.4, -0.2) is 54.0 Å². The zero-order chi connectivity index (χ0) is 22.7. The van der Waals surface area contributed by atoms with Crippen molar-refractivity contribution < 1.29 is 19.4 Å². The number of nitrogens with one attached hydrogen (secondary N) is 5. The maximum absolute atomic E-state index is 13.0. The summed E-state index contributed by atoms with van der Waals surface area (Å²) in [5, 5.41) is 24.5. The Bertz CT molecular complexity index is 1070. The summed E-state index contributed by atoms with van der Waals surface area (Å²) in [5.74, 6) is -0.854. The van der Waals surface area contributed by atoms with E-state index in [4.69, 9.17) is 15.9 Å². The van der Waals surface area contributed by atoms with Crippen molar-refractivity contribution in [2.45, 2.75) is 12.2 Å². The summed E-state index contributed by atoms with van der Waals surface area (Å²) in [7, 11) is 0. The number of nitrogens with zero attached hydrogens (tertiary/aromatic N) is 2. The van der Waals surface area contributed by atoms with Gasteiger partial charge in [-0.15, -0.1) is 10.6 Å². The normalized spacial score (nSPS) is 18.9. The largest absolute Gasteiger partial charge is 0.384 e. The number of aliphatic hydroxyl groups is 1. The molecule has 2 heterocycles. The first kappa shape index (κ1) is 21.2. The van der Waals surface area contributed by atoms with E-state index < -0.39 is 24.0 Å². The second-order valence-corrected chi connectivity index (χ2v) is 7.08. The van der Waals surface area contributed by atoms with Crippen LogP contribution in [0.3, 0.4) is 0 Å². The van der Waals surface area contributed by atoms with Gasteiger partial charge in [0.15, 0.2) is 18.0 Å². The lowest BCUT2D eigenvalue weighted by molar-refractivity contribution is -0.150. The molecule has 1 fully saturated rings. The molecule has 12 nitrogen and oxygen atoms in total. The molecule has 2 aromatic rings. The maximum atomic E-state index is 13.0. The number of nitrogen functional groups attached to an aromatic ring is 1. The molecule has 0 aliphatic carbocycles. The molecule has 32 heavy (non-hydrogen) atoms. The molecule has 2 amide bonds. The van der Waals surface area contributed by atoms with Gasteiger partial charge in [-0.3, -0.25) is 20.4 Å². The lowest BCUT2D eigenvalue weighted by atomic mass is 10.1. The van der Waals surface area contributed by atoms with Crippen molar-refractivity contribution in [1.82, 2.24) is 16.5 Å². The number of benzene rings is 2. The number of hydrazone groups is 1. The summed E-state index contributed by atoms with van der Waals surface area (Å²) in [4.78, 5) is 27.0. The molecule has 0 aromatic heterocycles. The Kier molecular flexibility index (Phi) is 5.98. The molecule has 0 unspecified atom stereocenters. The van der Waals surface area contributed by atoms with Crippen molar-refractivity contribution in [1.29, 1.82) is 5.41 Å². The summed E-state index contributed by atoms with van der Waals surface area (Å²) < 4.78 is 5.44. The zero-order valence-electron chi connectivity index (χ0n) is 16.8. The first-order chi connectivity index (χ1) is 15.4. The lowest BCUT2D eigenvalue weighted by Gasteiger charge is -2.34. The number of hydrazine groups is 2. The van der Waals surface area contributed by atoms with E-state index in [2.05, 4.69) is 26.9 Å². The number of aliphatic hydroxyl groups excluding tert-OH is 1. The standard InChI is InChI=1S/C20H22N8O4/c21-17(22)11-4-6-13(7-5-11)23-19(30)15(29)16-20(31)28(8-9-32-16)14-3-1-2-12(10-14)18-24-26-27-25-18/h1-7,10,15-16,26-27,29H,8-9H2,(H3,21,22)(H,23,30)(H,24,25)/t15-,16-/m1/s1. The molecule has 0 spiro atoms. The van der Waals surface area contributed by atoms with Crippen LogP contribution in [0.1, 0.15) is 11.1 Å². The fourth-order valence-corrected chi connectivity index (χ4v) is 3.33. The summed E-state index contributed by atoms with van der Waals surface area (Å²) in [5.41, 5.74) is 15.7. The quantitative estimate of drug-likeness (QED) is 0.221. The van der Waals surface area contributed by atoms with Crippen LogP contribution in [0, 0.1) is 5.41 Å². The molecule has 8 N–H and O–H groups in total. The SMILES string of the molecule is N=C(N)c1ccc(NC(=O)[C@H](O)[C@H]2OCCN(c3cccc(C4=NNNN4)c3)C2=O)cc1. The van der Waals surface area contributed by atoms with Crippen molar-refractivity contribution >= 4 is 34.9 Å². The van der Waals surface area contributed by atoms with E-state index in [0.29, 0.717) is 22.8 Å². The van der Waals surface area contributed by atoms with Gasteiger partial charge in [0.05, 0.1) is 6.61 Å². The molecule has 2 atom stereocenters. The van der Waals surface area contributed by atoms with Crippen LogP contribution in [0.15, 0.2) is 53.6 Å². The Morgan fingerprint density at radius 3 is 2.78 bits per heavy atom. The van der Waals surface area contributed by atoms with Crippen LogP contribution in [0.4, 0.5) is 11.4 Å². The van der Waals surface area contributed by atoms with Crippen molar-refractivity contribution in [2.24, 2.45) is 10.8 Å². The van der Waals surface area contributed by atoms with Crippen LogP contribution in [-0.2, 0) is 14.3 Å². The van der Waals surface area contributed by atoms with Crippen LogP contribution < -0.4 is 32.4 Å². The molecule has 2 aliphatic heterocycles. The highest BCUT2D eigenvalue weighted by molar-refractivity contribution is 6.05. The molecule has 2 aromatic carbocycles. The van der Waals surface area contributed by atoms with Gasteiger partial charge in [-0.05, 0) is 36.4 Å². The van der Waals surface area contributed by atoms with Crippen LogP contribution >= 0.6 is 0 Å². The van der Waals surface area contributed by atoms with E-state index in [-0.39, 0.29) is 19.0 Å². The van der Waals surface area contributed by atoms with E-state index in [9.17, 15) is 14.7 Å². The van der Waals surface area contributed by atoms with Gasteiger partial charge in [0.2, 0.25) is 0 Å². The summed E-state index contributed by atoms with van der Waals surface area (Å²) in [6.07, 6.45) is -3.07. The predicted octanol–water partition coefficient (Wildman–Crippen LogP) is -1.02. The molecule has 0 bridgehead atoms. The molecule has 2 aliphatic rings. The van der Waals surface area contributed by atoms with Gasteiger partial charge in [0, 0.05) is 29.0 Å². The second-order valence-electron chi connectivity index (χ2n) is 7.08. The van der Waals surface area contributed by atoms with Gasteiger partial charge < -0.3 is 25.8 Å². The van der Waals surface area contributed by atoms with Crippen molar-refractivity contribution in [2.75, 3.05) is 23.4 Å². The summed E-state index contributed by atoms with van der Waals surface area (Å²) in [6.45, 7) is 0.427. The van der Waals surface area contributed by atoms with Crippen molar-refractivity contribution in [3.63, 3.8) is 0 Å². The number of carbonyl (C=O) groups is 2. The molecule has 166 valence electrons. The van der Waals surface area contributed by atoms with Crippen LogP contribution in [0.2, 0.25) is 0 Å². The predicted molar refractivity (Wildman–Crippen MR) is 117 cm³/mol. The topological polar surface area (TPSA) is 177 Å². The highest BCUT2D eigenvalue weighted by Gasteiger charge is 2.39. The van der Waals surface area contributed by atoms with E-state index in [1.54, 1.807) is 42.5 Å². The lowest BCUT2D eigenvalue weighted by Crippen LogP contribution is -2.55. The average Bonchev–Trinajstić information content (AvgIpc) is 3.34. The highest BCUT2D eigenvalue weighted by atomic mass is 16.5. The minimum absolute atomic E-state index is 0.100. The minimum atomic E-state index is -1.71. The zero-order valence-corrected chi connectivity index (χ0v) is 16.8. The Hall–Kier alpha value is -4.00. The summed E-state index contributed by atoms with van der Waals surface area (Å²) in [6, 6.07) is 13.3. The third-order valence-corrected chi connectivity index (χ3v) is 4.98. The van der Waals surface area contributed by atoms with Crippen LogP contribution in [0.5, 0.6) is 0 Å². The number of carbonyl (C=O) groups excluding carboxylic acids is 2. The average molecular weight is 438 g/mol. The number of rotatable bonds is 6. The number of anilines is 2. The van der Waals surface area contributed by atoms with Gasteiger partial charge in [-0.2, -0.15) is 0 Å². The van der Waals surface area contributed by atoms with Gasteiger partial charge in [-0.1, -0.05) is 12.1 Å². The fraction of sp³-hybridized carbons (Fsp3) is 0.200. The molecular weight excluding hydrogens is 416 g/mol. The smallest absolute Gasteiger partial charge is 0.259 e. The van der Waals surface area contributed by atoms with E-state index in [0.717, 1.165) is 5.56 Å². The third-order valence-electron chi connectivity index (χ3n) is 4.98. The van der Waals surface area contributed by atoms with Crippen molar-refractivity contribution in [3.8, 4) is 0 Å². The van der Waals surface area contributed by atoms with Gasteiger partial charge in [0.1, 0.15) is 5.84 Å². The Balaban J connectivity index is 1.46. The van der Waals surface area contributed by atoms with E-state index >= 15 is 0 Å². The van der Waals surface area contributed by atoms with Gasteiger partial charge in [-0.25, -0.2) is 5.53 Å². The number of amidine groups is 2. The third kappa shape index (κ3) is 4.37. The van der Waals surface area contributed by atoms with Crippen molar-refractivity contribution in [3.05, 3.63) is 59.7 Å². The summed E-state index contributed by atoms with van der Waals surface area (Å²) >= 11 is 0. The van der Waals surface area contributed by atoms with E-state index in [1.165, 1.54) is 4.90 Å². The molecule has 0 saturated carbocycles. The molecule has 4 rings (SSSR count). The van der Waals surface area contributed by atoms with Gasteiger partial charge >= 0.3 is 0 Å². The molecular formula is C20H22N8O4. The minimum Gasteiger partial charge on any atom is -0.384 e. The van der Waals surface area contributed by atoms with Gasteiger partial charge in [0.25, 0.3) is 11.8 Å². The van der Waals surface area contributed by atoms with Crippen LogP contribution in [0.25, 0.3) is 0 Å². The number of hydrogen-bond acceptors (Lipinski definition) is 9. The number of ether oxygens (including phenoxy) is 1. The number of morpholine rings is 1. The Morgan fingerprint density at radius 2 is 2.09 bits per heavy atom. The number of nitrogens with two attached hydrogens (primary N) is 1. The number of hydrogen-bond donors (Lipinski definition) is 7. The Morgan fingerprint density at radius 1 is 1.31 bits per heavy atom. The first-order valence-electron chi connectivity index (χ1n) is 9.74. The highest BCUT2D eigenvalue weighted by Crippen LogP contribution is 2.22. The first-order valence-corrected chi connectivity index (χ1v) is 9.74. The van der Waals surface area contributed by atoms with E-state index in [1.807, 2.05) is 6.07 Å². The maximum Gasteiger partial charge on any atom is 0.259 e. The monoisotopic (exact) mass is 438 g/mol. The number of amides is 2. The Labute approximate surface area is 182 Å².